The molecule has 2 aromatic heterocycles. The van der Waals surface area contributed by atoms with Crippen LogP contribution >= 0.6 is 11.3 Å². The second kappa shape index (κ2) is 8.33. The van der Waals surface area contributed by atoms with Crippen molar-refractivity contribution in [2.45, 2.75) is 46.1 Å². The highest BCUT2D eigenvalue weighted by molar-refractivity contribution is 7.10. The van der Waals surface area contributed by atoms with Crippen molar-refractivity contribution >= 4 is 17.3 Å². The Kier molecular flexibility index (Phi) is 6.43. The summed E-state index contributed by atoms with van der Waals surface area (Å²) < 4.78 is 1.95. The van der Waals surface area contributed by atoms with Crippen LogP contribution in [0.4, 0.5) is 0 Å². The summed E-state index contributed by atoms with van der Waals surface area (Å²) in [6.45, 7) is 9.49. The Balaban J connectivity index is 1.88. The summed E-state index contributed by atoms with van der Waals surface area (Å²) in [5.41, 5.74) is 3.66. The highest BCUT2D eigenvalue weighted by Crippen LogP contribution is 2.19. The van der Waals surface area contributed by atoms with Crippen molar-refractivity contribution in [3.63, 3.8) is 0 Å². The fourth-order valence-electron chi connectivity index (χ4n) is 2.82. The van der Waals surface area contributed by atoms with Gasteiger partial charge in [-0.3, -0.25) is 9.67 Å². The first kappa shape index (κ1) is 18.5. The molecule has 0 saturated carbocycles. The topological polar surface area (TPSA) is 54.2 Å². The summed E-state index contributed by atoms with van der Waals surface area (Å²) in [6, 6.07) is 4.57. The second-order valence-electron chi connectivity index (χ2n) is 6.39. The first-order chi connectivity index (χ1) is 11.4. The molecular weight excluding hydrogens is 318 g/mol. The van der Waals surface area contributed by atoms with Crippen LogP contribution < -0.4 is 10.6 Å². The van der Waals surface area contributed by atoms with Crippen molar-refractivity contribution in [1.29, 1.82) is 0 Å². The molecule has 0 amide bonds. The van der Waals surface area contributed by atoms with Crippen molar-refractivity contribution in [2.75, 3.05) is 13.6 Å². The average molecular weight is 348 g/mol. The Morgan fingerprint density at radius 3 is 2.67 bits per heavy atom. The Labute approximate surface area is 149 Å². The molecule has 132 valence electrons. The molecule has 2 rings (SSSR count). The lowest BCUT2D eigenvalue weighted by molar-refractivity contribution is 0.625. The Morgan fingerprint density at radius 1 is 1.38 bits per heavy atom. The monoisotopic (exact) mass is 347 g/mol. The van der Waals surface area contributed by atoms with Gasteiger partial charge in [-0.05, 0) is 44.2 Å². The van der Waals surface area contributed by atoms with Gasteiger partial charge in [0.2, 0.25) is 0 Å². The number of thiophene rings is 1. The van der Waals surface area contributed by atoms with E-state index in [4.69, 9.17) is 0 Å². The van der Waals surface area contributed by atoms with E-state index in [0.29, 0.717) is 5.92 Å². The number of guanidine groups is 1. The molecule has 0 spiro atoms. The minimum absolute atomic E-state index is 0.287. The van der Waals surface area contributed by atoms with Crippen LogP contribution in [-0.4, -0.2) is 35.4 Å². The van der Waals surface area contributed by atoms with Gasteiger partial charge >= 0.3 is 0 Å². The van der Waals surface area contributed by atoms with E-state index >= 15 is 0 Å². The van der Waals surface area contributed by atoms with E-state index in [9.17, 15) is 0 Å². The lowest BCUT2D eigenvalue weighted by Crippen LogP contribution is -2.44. The molecule has 2 aromatic rings. The second-order valence-corrected chi connectivity index (χ2v) is 7.37. The van der Waals surface area contributed by atoms with Gasteiger partial charge in [0.05, 0.1) is 5.69 Å². The molecule has 0 aliphatic rings. The maximum absolute atomic E-state index is 4.50. The minimum atomic E-state index is 0.287. The number of aromatic nitrogens is 2. The summed E-state index contributed by atoms with van der Waals surface area (Å²) in [5, 5.41) is 13.5. The van der Waals surface area contributed by atoms with Crippen LogP contribution in [0.1, 0.15) is 41.6 Å². The number of nitrogens with one attached hydrogen (secondary N) is 2. The van der Waals surface area contributed by atoms with Crippen molar-refractivity contribution < 1.29 is 0 Å². The maximum atomic E-state index is 4.50. The molecule has 0 bridgehead atoms. The molecule has 0 aliphatic carbocycles. The van der Waals surface area contributed by atoms with E-state index in [1.54, 1.807) is 11.3 Å². The standard InChI is InChI=1S/C18H29N5S/c1-12(17-8-7-9-24-17)11-20-18(19-5)21-13(2)10-16-14(3)22-23(6)15(16)4/h7-9,12-13H,10-11H2,1-6H3,(H2,19,20,21). The first-order valence-electron chi connectivity index (χ1n) is 8.42. The van der Waals surface area contributed by atoms with E-state index in [1.807, 2.05) is 18.8 Å². The molecule has 6 heteroatoms. The van der Waals surface area contributed by atoms with Gasteiger partial charge in [-0.1, -0.05) is 13.0 Å². The van der Waals surface area contributed by atoms with Gasteiger partial charge in [0.1, 0.15) is 0 Å². The number of rotatable bonds is 6. The molecule has 2 heterocycles. The van der Waals surface area contributed by atoms with Gasteiger partial charge in [0, 0.05) is 43.2 Å². The first-order valence-corrected chi connectivity index (χ1v) is 9.30. The van der Waals surface area contributed by atoms with Crippen molar-refractivity contribution in [3.8, 4) is 0 Å². The molecule has 0 fully saturated rings. The largest absolute Gasteiger partial charge is 0.356 e. The summed E-state index contributed by atoms with van der Waals surface area (Å²) >= 11 is 1.80. The van der Waals surface area contributed by atoms with Crippen LogP contribution in [0.25, 0.3) is 0 Å². The Hall–Kier alpha value is -1.82. The number of nitrogens with zero attached hydrogens (tertiary/aromatic N) is 3. The van der Waals surface area contributed by atoms with Crippen molar-refractivity contribution in [2.24, 2.45) is 12.0 Å². The number of hydrogen-bond donors (Lipinski definition) is 2. The van der Waals surface area contributed by atoms with E-state index in [-0.39, 0.29) is 6.04 Å². The Bertz CT molecular complexity index is 672. The van der Waals surface area contributed by atoms with E-state index in [2.05, 4.69) is 65.9 Å². The number of hydrogen-bond acceptors (Lipinski definition) is 3. The van der Waals surface area contributed by atoms with Gasteiger partial charge in [-0.2, -0.15) is 5.10 Å². The van der Waals surface area contributed by atoms with Gasteiger partial charge < -0.3 is 10.6 Å². The summed E-state index contributed by atoms with van der Waals surface area (Å²) in [5.74, 6) is 1.33. The molecule has 0 aliphatic heterocycles. The van der Waals surface area contributed by atoms with E-state index in [0.717, 1.165) is 24.6 Å². The van der Waals surface area contributed by atoms with Crippen LogP contribution in [0, 0.1) is 13.8 Å². The molecule has 0 radical (unpaired) electrons. The van der Waals surface area contributed by atoms with Crippen LogP contribution in [0.15, 0.2) is 22.5 Å². The summed E-state index contributed by atoms with van der Waals surface area (Å²) in [7, 11) is 3.81. The smallest absolute Gasteiger partial charge is 0.191 e. The summed E-state index contributed by atoms with van der Waals surface area (Å²) in [6.07, 6.45) is 0.937. The van der Waals surface area contributed by atoms with E-state index < -0.39 is 0 Å². The van der Waals surface area contributed by atoms with Crippen LogP contribution in [0.2, 0.25) is 0 Å². The molecule has 24 heavy (non-hydrogen) atoms. The van der Waals surface area contributed by atoms with Crippen molar-refractivity contribution in [1.82, 2.24) is 20.4 Å². The van der Waals surface area contributed by atoms with Gasteiger partial charge in [0.15, 0.2) is 5.96 Å². The third-order valence-electron chi connectivity index (χ3n) is 4.38. The zero-order valence-electron chi connectivity index (χ0n) is 15.6. The fraction of sp³-hybridized carbons (Fsp3) is 0.556. The highest BCUT2D eigenvalue weighted by Gasteiger charge is 2.14. The van der Waals surface area contributed by atoms with Gasteiger partial charge in [0.25, 0.3) is 0 Å². The lowest BCUT2D eigenvalue weighted by Gasteiger charge is -2.19. The van der Waals surface area contributed by atoms with Crippen LogP contribution in [0.3, 0.4) is 0 Å². The van der Waals surface area contributed by atoms with Crippen LogP contribution in [0.5, 0.6) is 0 Å². The third kappa shape index (κ3) is 4.60. The predicted octanol–water partition coefficient (Wildman–Crippen LogP) is 3.00. The Morgan fingerprint density at radius 2 is 2.12 bits per heavy atom. The summed E-state index contributed by atoms with van der Waals surface area (Å²) in [4.78, 5) is 5.75. The lowest BCUT2D eigenvalue weighted by atomic mass is 10.1. The SMILES string of the molecule is CN=C(NCC(C)c1cccs1)NC(C)Cc1c(C)nn(C)c1C. The molecule has 2 unspecified atom stereocenters. The molecule has 0 saturated heterocycles. The molecular formula is C18H29N5S. The predicted molar refractivity (Wildman–Crippen MR) is 103 cm³/mol. The third-order valence-corrected chi connectivity index (χ3v) is 5.48. The van der Waals surface area contributed by atoms with Crippen LogP contribution in [-0.2, 0) is 13.5 Å². The quantitative estimate of drug-likeness (QED) is 0.624. The zero-order valence-corrected chi connectivity index (χ0v) is 16.4. The molecule has 2 atom stereocenters. The normalized spacial score (nSPS) is 14.5. The zero-order chi connectivity index (χ0) is 17.7. The molecule has 5 nitrogen and oxygen atoms in total. The number of aryl methyl sites for hydroxylation is 2. The average Bonchev–Trinajstić information content (AvgIpc) is 3.16. The van der Waals surface area contributed by atoms with Gasteiger partial charge in [-0.15, -0.1) is 11.3 Å². The number of aliphatic imine (C=N–C) groups is 1. The minimum Gasteiger partial charge on any atom is -0.356 e. The maximum Gasteiger partial charge on any atom is 0.191 e. The van der Waals surface area contributed by atoms with E-state index in [1.165, 1.54) is 16.1 Å². The molecule has 2 N–H and O–H groups in total. The fourth-order valence-corrected chi connectivity index (χ4v) is 3.61. The van der Waals surface area contributed by atoms with Gasteiger partial charge in [-0.25, -0.2) is 0 Å². The van der Waals surface area contributed by atoms with Crippen molar-refractivity contribution in [3.05, 3.63) is 39.3 Å². The highest BCUT2D eigenvalue weighted by atomic mass is 32.1. The molecule has 0 aromatic carbocycles.